The van der Waals surface area contributed by atoms with Crippen LogP contribution in [0.5, 0.6) is 5.88 Å². The van der Waals surface area contributed by atoms with E-state index < -0.39 is 5.92 Å². The molecule has 0 amide bonds. The second kappa shape index (κ2) is 6.35. The highest BCUT2D eigenvalue weighted by atomic mass is 16.5. The van der Waals surface area contributed by atoms with Crippen molar-refractivity contribution >= 4 is 5.78 Å². The number of ketones is 1. The van der Waals surface area contributed by atoms with Gasteiger partial charge in [0.25, 0.3) is 0 Å². The number of nitrogens with zero attached hydrogens (tertiary/aromatic N) is 3. The van der Waals surface area contributed by atoms with Gasteiger partial charge in [0.05, 0.1) is 11.8 Å². The highest BCUT2D eigenvalue weighted by Gasteiger charge is 2.24. The predicted octanol–water partition coefficient (Wildman–Crippen LogP) is 2.90. The number of Topliss-reactive ketones (excluding diaryl/α,β-unsaturated/α-hetero) is 1. The SMILES string of the molecule is N#C[C@H](C(=O)c1ccnc(OC2CCC2)c1)c1ccccn1. The summed E-state index contributed by atoms with van der Waals surface area (Å²) in [4.78, 5) is 20.8. The largest absolute Gasteiger partial charge is 0.474 e. The molecule has 22 heavy (non-hydrogen) atoms. The lowest BCUT2D eigenvalue weighted by atomic mass is 9.95. The minimum atomic E-state index is -0.917. The van der Waals surface area contributed by atoms with Crippen LogP contribution in [0.15, 0.2) is 42.7 Å². The third-order valence-corrected chi connectivity index (χ3v) is 3.73. The summed E-state index contributed by atoms with van der Waals surface area (Å²) in [6, 6.07) is 10.4. The molecule has 0 spiro atoms. The second-order valence-corrected chi connectivity index (χ2v) is 5.23. The van der Waals surface area contributed by atoms with E-state index in [1.54, 1.807) is 36.5 Å². The summed E-state index contributed by atoms with van der Waals surface area (Å²) in [5.41, 5.74) is 0.870. The lowest BCUT2D eigenvalue weighted by molar-refractivity contribution is 0.0972. The molecular formula is C17H15N3O2. The molecule has 0 aliphatic heterocycles. The fourth-order valence-corrected chi connectivity index (χ4v) is 2.26. The fraction of sp³-hybridized carbons (Fsp3) is 0.294. The lowest BCUT2D eigenvalue weighted by Gasteiger charge is -2.25. The molecule has 1 fully saturated rings. The molecule has 1 aliphatic rings. The molecule has 2 aromatic heterocycles. The van der Waals surface area contributed by atoms with Gasteiger partial charge in [0.1, 0.15) is 6.10 Å². The lowest BCUT2D eigenvalue weighted by Crippen LogP contribution is -2.25. The Kier molecular flexibility index (Phi) is 4.10. The smallest absolute Gasteiger partial charge is 0.214 e. The Morgan fingerprint density at radius 3 is 2.77 bits per heavy atom. The molecule has 0 saturated heterocycles. The van der Waals surface area contributed by atoms with Crippen LogP contribution in [-0.4, -0.2) is 21.9 Å². The molecule has 0 bridgehead atoms. The van der Waals surface area contributed by atoms with Gasteiger partial charge in [0.15, 0.2) is 11.7 Å². The van der Waals surface area contributed by atoms with Crippen molar-refractivity contribution < 1.29 is 9.53 Å². The van der Waals surface area contributed by atoms with Crippen LogP contribution in [0.2, 0.25) is 0 Å². The van der Waals surface area contributed by atoms with Crippen LogP contribution in [0.1, 0.15) is 41.2 Å². The highest BCUT2D eigenvalue weighted by molar-refractivity contribution is 6.02. The first kappa shape index (κ1) is 14.2. The van der Waals surface area contributed by atoms with Crippen molar-refractivity contribution in [3.63, 3.8) is 0 Å². The molecule has 110 valence electrons. The molecule has 2 heterocycles. The quantitative estimate of drug-likeness (QED) is 0.792. The van der Waals surface area contributed by atoms with Gasteiger partial charge in [-0.3, -0.25) is 9.78 Å². The minimum absolute atomic E-state index is 0.195. The van der Waals surface area contributed by atoms with Gasteiger partial charge in [-0.25, -0.2) is 4.98 Å². The topological polar surface area (TPSA) is 75.9 Å². The first-order valence-corrected chi connectivity index (χ1v) is 7.25. The van der Waals surface area contributed by atoms with E-state index >= 15 is 0 Å². The van der Waals surface area contributed by atoms with Crippen molar-refractivity contribution in [2.45, 2.75) is 31.3 Å². The van der Waals surface area contributed by atoms with Crippen molar-refractivity contribution in [1.29, 1.82) is 5.26 Å². The zero-order chi connectivity index (χ0) is 15.4. The van der Waals surface area contributed by atoms with Gasteiger partial charge >= 0.3 is 0 Å². The molecule has 0 N–H and O–H groups in total. The molecule has 1 saturated carbocycles. The van der Waals surface area contributed by atoms with E-state index in [2.05, 4.69) is 9.97 Å². The van der Waals surface area contributed by atoms with Crippen LogP contribution in [0.4, 0.5) is 0 Å². The maximum Gasteiger partial charge on any atom is 0.214 e. The van der Waals surface area contributed by atoms with E-state index in [9.17, 15) is 10.1 Å². The van der Waals surface area contributed by atoms with Crippen molar-refractivity contribution in [2.24, 2.45) is 0 Å². The van der Waals surface area contributed by atoms with Gasteiger partial charge in [0.2, 0.25) is 5.88 Å². The number of hydrogen-bond acceptors (Lipinski definition) is 5. The molecule has 0 unspecified atom stereocenters. The predicted molar refractivity (Wildman–Crippen MR) is 79.4 cm³/mol. The molecule has 0 radical (unpaired) electrons. The molecule has 1 aliphatic carbocycles. The van der Waals surface area contributed by atoms with Crippen LogP contribution in [0.25, 0.3) is 0 Å². The van der Waals surface area contributed by atoms with Gasteiger partial charge in [-0.15, -0.1) is 0 Å². The second-order valence-electron chi connectivity index (χ2n) is 5.23. The van der Waals surface area contributed by atoms with Crippen molar-refractivity contribution in [2.75, 3.05) is 0 Å². The normalized spacial score (nSPS) is 15.4. The number of carbonyl (C=O) groups excluding carboxylic acids is 1. The molecular weight excluding hydrogens is 278 g/mol. The summed E-state index contributed by atoms with van der Waals surface area (Å²) in [6.07, 6.45) is 6.52. The summed E-state index contributed by atoms with van der Waals surface area (Å²) in [7, 11) is 0. The van der Waals surface area contributed by atoms with E-state index in [1.165, 1.54) is 12.6 Å². The number of ether oxygens (including phenoxy) is 1. The Morgan fingerprint density at radius 2 is 2.14 bits per heavy atom. The van der Waals surface area contributed by atoms with Crippen LogP contribution in [0.3, 0.4) is 0 Å². The van der Waals surface area contributed by atoms with E-state index in [1.807, 2.05) is 6.07 Å². The van der Waals surface area contributed by atoms with Crippen LogP contribution in [-0.2, 0) is 0 Å². The van der Waals surface area contributed by atoms with Crippen molar-refractivity contribution in [3.05, 3.63) is 54.0 Å². The number of aromatic nitrogens is 2. The number of nitriles is 1. The molecule has 1 atom stereocenters. The first-order valence-electron chi connectivity index (χ1n) is 7.25. The summed E-state index contributed by atoms with van der Waals surface area (Å²) < 4.78 is 5.70. The number of rotatable bonds is 5. The molecule has 2 aromatic rings. The maximum atomic E-state index is 12.6. The van der Waals surface area contributed by atoms with Crippen molar-refractivity contribution in [3.8, 4) is 11.9 Å². The van der Waals surface area contributed by atoms with E-state index in [0.29, 0.717) is 17.1 Å². The summed E-state index contributed by atoms with van der Waals surface area (Å²) in [5, 5.41) is 9.32. The molecule has 3 rings (SSSR count). The summed E-state index contributed by atoms with van der Waals surface area (Å²) >= 11 is 0. The average Bonchev–Trinajstić information content (AvgIpc) is 2.53. The zero-order valence-electron chi connectivity index (χ0n) is 12.0. The Labute approximate surface area is 128 Å². The van der Waals surface area contributed by atoms with Crippen LogP contribution >= 0.6 is 0 Å². The third kappa shape index (κ3) is 2.96. The Balaban J connectivity index is 1.81. The van der Waals surface area contributed by atoms with E-state index in [0.717, 1.165) is 12.8 Å². The van der Waals surface area contributed by atoms with Gasteiger partial charge < -0.3 is 4.74 Å². The maximum absolute atomic E-state index is 12.6. The van der Waals surface area contributed by atoms with Gasteiger partial charge in [-0.1, -0.05) is 6.07 Å². The van der Waals surface area contributed by atoms with Crippen LogP contribution < -0.4 is 4.74 Å². The van der Waals surface area contributed by atoms with Gasteiger partial charge in [0, 0.05) is 24.0 Å². The Bertz CT molecular complexity index is 705. The third-order valence-electron chi connectivity index (χ3n) is 3.73. The fourth-order valence-electron chi connectivity index (χ4n) is 2.26. The Morgan fingerprint density at radius 1 is 1.27 bits per heavy atom. The monoisotopic (exact) mass is 293 g/mol. The van der Waals surface area contributed by atoms with Gasteiger partial charge in [-0.05, 0) is 37.5 Å². The average molecular weight is 293 g/mol. The van der Waals surface area contributed by atoms with Crippen molar-refractivity contribution in [1.82, 2.24) is 9.97 Å². The van der Waals surface area contributed by atoms with E-state index in [4.69, 9.17) is 4.74 Å². The first-order chi connectivity index (χ1) is 10.8. The standard InChI is InChI=1S/C17H15N3O2/c18-11-14(15-6-1-2-8-19-15)17(21)12-7-9-20-16(10-12)22-13-4-3-5-13/h1-2,6-10,13-14H,3-5H2/t14-/m0/s1. The number of hydrogen-bond donors (Lipinski definition) is 0. The molecule has 5 heteroatoms. The highest BCUT2D eigenvalue weighted by Crippen LogP contribution is 2.25. The number of carbonyl (C=O) groups is 1. The molecule has 0 aromatic carbocycles. The zero-order valence-corrected chi connectivity index (χ0v) is 12.0. The minimum Gasteiger partial charge on any atom is -0.474 e. The number of pyridine rings is 2. The summed E-state index contributed by atoms with van der Waals surface area (Å²) in [5.74, 6) is -0.768. The van der Waals surface area contributed by atoms with Crippen LogP contribution in [0, 0.1) is 11.3 Å². The Hall–Kier alpha value is -2.74. The van der Waals surface area contributed by atoms with Gasteiger partial charge in [-0.2, -0.15) is 5.26 Å². The molecule has 5 nitrogen and oxygen atoms in total. The van der Waals surface area contributed by atoms with E-state index in [-0.39, 0.29) is 11.9 Å². The summed E-state index contributed by atoms with van der Waals surface area (Å²) in [6.45, 7) is 0.